The van der Waals surface area contributed by atoms with Gasteiger partial charge in [-0.05, 0) is 68.1 Å². The molecule has 3 rings (SSSR count). The fourth-order valence-corrected chi connectivity index (χ4v) is 3.19. The second kappa shape index (κ2) is 10.9. The molecule has 4 nitrogen and oxygen atoms in total. The van der Waals surface area contributed by atoms with Gasteiger partial charge in [-0.25, -0.2) is 4.39 Å². The molecule has 0 bridgehead atoms. The van der Waals surface area contributed by atoms with Crippen molar-refractivity contribution in [3.63, 3.8) is 0 Å². The molecule has 1 heterocycles. The Morgan fingerprint density at radius 2 is 2.07 bits per heavy atom. The molecule has 1 saturated heterocycles. The first-order valence-corrected chi connectivity index (χ1v) is 9.17. The van der Waals surface area contributed by atoms with Gasteiger partial charge < -0.3 is 15.4 Å². The van der Waals surface area contributed by atoms with Crippen LogP contribution in [0.3, 0.4) is 0 Å². The fourth-order valence-electron chi connectivity index (χ4n) is 3.19. The van der Waals surface area contributed by atoms with Crippen molar-refractivity contribution in [3.05, 3.63) is 65.5 Å². The van der Waals surface area contributed by atoms with E-state index in [4.69, 9.17) is 4.74 Å². The van der Waals surface area contributed by atoms with Crippen LogP contribution in [0, 0.1) is 11.7 Å². The maximum atomic E-state index is 13.2. The topological polar surface area (TPSA) is 50.4 Å². The van der Waals surface area contributed by atoms with Gasteiger partial charge >= 0.3 is 0 Å². The van der Waals surface area contributed by atoms with Crippen molar-refractivity contribution in [3.8, 4) is 5.75 Å². The standard InChI is InChI=1S/C21H25FN2O2.ClH/c22-19-7-2-8-20(13-19)26-15-17-4-1-6-18(12-17)21(25)24-11-9-16-5-3-10-23-14-16;/h1-2,4,6-8,12-13,16,23H,3,5,9-11,14-15H2,(H,24,25);1H. The number of carbonyl (C=O) groups excluding carboxylic acids is 1. The van der Waals surface area contributed by atoms with Crippen molar-refractivity contribution in [1.82, 2.24) is 10.6 Å². The highest BCUT2D eigenvalue weighted by molar-refractivity contribution is 5.94. The number of benzene rings is 2. The van der Waals surface area contributed by atoms with Gasteiger partial charge in [-0.3, -0.25) is 4.79 Å². The molecule has 6 heteroatoms. The van der Waals surface area contributed by atoms with E-state index in [0.717, 1.165) is 25.1 Å². The number of ether oxygens (including phenoxy) is 1. The van der Waals surface area contributed by atoms with Gasteiger partial charge in [0.2, 0.25) is 0 Å². The average Bonchev–Trinajstić information content (AvgIpc) is 2.67. The quantitative estimate of drug-likeness (QED) is 0.750. The number of piperidine rings is 1. The maximum Gasteiger partial charge on any atom is 0.251 e. The second-order valence-electron chi connectivity index (χ2n) is 6.70. The van der Waals surface area contributed by atoms with Gasteiger partial charge in [-0.15, -0.1) is 12.4 Å². The Bertz CT molecular complexity index is 736. The molecule has 0 spiro atoms. The fraction of sp³-hybridized carbons (Fsp3) is 0.381. The average molecular weight is 393 g/mol. The summed E-state index contributed by atoms with van der Waals surface area (Å²) in [5, 5.41) is 6.39. The Morgan fingerprint density at radius 1 is 1.22 bits per heavy atom. The molecule has 1 fully saturated rings. The molecule has 0 aliphatic carbocycles. The predicted octanol–water partition coefficient (Wildman–Crippen LogP) is 3.95. The summed E-state index contributed by atoms with van der Waals surface area (Å²) in [6, 6.07) is 13.4. The van der Waals surface area contributed by atoms with E-state index in [1.807, 2.05) is 18.2 Å². The number of hydrogen-bond donors (Lipinski definition) is 2. The van der Waals surface area contributed by atoms with E-state index in [1.54, 1.807) is 18.2 Å². The Balaban J connectivity index is 0.00000261. The van der Waals surface area contributed by atoms with Gasteiger partial charge in [0.1, 0.15) is 18.2 Å². The molecule has 2 aromatic carbocycles. The molecule has 2 aromatic rings. The summed E-state index contributed by atoms with van der Waals surface area (Å²) < 4.78 is 18.8. The van der Waals surface area contributed by atoms with E-state index in [9.17, 15) is 9.18 Å². The van der Waals surface area contributed by atoms with Crippen LogP contribution >= 0.6 is 12.4 Å². The van der Waals surface area contributed by atoms with Crippen molar-refractivity contribution in [2.75, 3.05) is 19.6 Å². The molecule has 0 aromatic heterocycles. The van der Waals surface area contributed by atoms with Crippen LogP contribution in [-0.4, -0.2) is 25.5 Å². The Hall–Kier alpha value is -2.11. The lowest BCUT2D eigenvalue weighted by molar-refractivity contribution is 0.0950. The van der Waals surface area contributed by atoms with E-state index in [0.29, 0.717) is 23.8 Å². The van der Waals surface area contributed by atoms with Gasteiger partial charge in [0.25, 0.3) is 5.91 Å². The van der Waals surface area contributed by atoms with E-state index in [-0.39, 0.29) is 30.7 Å². The summed E-state index contributed by atoms with van der Waals surface area (Å²) in [5.74, 6) is 0.723. The van der Waals surface area contributed by atoms with Crippen molar-refractivity contribution < 1.29 is 13.9 Å². The molecule has 2 N–H and O–H groups in total. The summed E-state index contributed by atoms with van der Waals surface area (Å²) in [5.41, 5.74) is 1.49. The molecule has 1 atom stereocenters. The van der Waals surface area contributed by atoms with Crippen LogP contribution in [0.4, 0.5) is 4.39 Å². The molecule has 1 amide bonds. The van der Waals surface area contributed by atoms with E-state index in [1.165, 1.54) is 25.0 Å². The van der Waals surface area contributed by atoms with E-state index < -0.39 is 0 Å². The zero-order valence-corrected chi connectivity index (χ0v) is 16.1. The minimum absolute atomic E-state index is 0. The molecular formula is C21H26ClFN2O2. The molecule has 0 radical (unpaired) electrons. The minimum Gasteiger partial charge on any atom is -0.489 e. The SMILES string of the molecule is Cl.O=C(NCCC1CCCNC1)c1cccc(COc2cccc(F)c2)c1. The van der Waals surface area contributed by atoms with Crippen LogP contribution in [-0.2, 0) is 6.61 Å². The first kappa shape index (κ1) is 21.2. The van der Waals surface area contributed by atoms with Crippen LogP contribution in [0.2, 0.25) is 0 Å². The molecule has 1 unspecified atom stereocenters. The third-order valence-electron chi connectivity index (χ3n) is 4.63. The Morgan fingerprint density at radius 3 is 2.85 bits per heavy atom. The number of hydrogen-bond acceptors (Lipinski definition) is 3. The molecule has 0 saturated carbocycles. The third-order valence-corrected chi connectivity index (χ3v) is 4.63. The first-order valence-electron chi connectivity index (χ1n) is 9.17. The molecule has 27 heavy (non-hydrogen) atoms. The summed E-state index contributed by atoms with van der Waals surface area (Å²) in [7, 11) is 0. The van der Waals surface area contributed by atoms with Gasteiger partial charge in [0, 0.05) is 18.2 Å². The van der Waals surface area contributed by atoms with Gasteiger partial charge in [0.05, 0.1) is 0 Å². The number of amides is 1. The number of nitrogens with one attached hydrogen (secondary N) is 2. The molecular weight excluding hydrogens is 367 g/mol. The zero-order chi connectivity index (χ0) is 18.2. The number of rotatable bonds is 7. The lowest BCUT2D eigenvalue weighted by Crippen LogP contribution is -2.33. The van der Waals surface area contributed by atoms with Gasteiger partial charge in [-0.2, -0.15) is 0 Å². The number of halogens is 2. The Kier molecular flexibility index (Phi) is 8.55. The summed E-state index contributed by atoms with van der Waals surface area (Å²) in [6.07, 6.45) is 3.45. The van der Waals surface area contributed by atoms with Crippen LogP contribution in [0.5, 0.6) is 5.75 Å². The largest absolute Gasteiger partial charge is 0.489 e. The van der Waals surface area contributed by atoms with Crippen LogP contribution in [0.15, 0.2) is 48.5 Å². The first-order chi connectivity index (χ1) is 12.7. The third kappa shape index (κ3) is 6.85. The monoisotopic (exact) mass is 392 g/mol. The highest BCUT2D eigenvalue weighted by atomic mass is 35.5. The van der Waals surface area contributed by atoms with Gasteiger partial charge in [0.15, 0.2) is 0 Å². The predicted molar refractivity (Wildman–Crippen MR) is 107 cm³/mol. The smallest absolute Gasteiger partial charge is 0.251 e. The lowest BCUT2D eigenvalue weighted by Gasteiger charge is -2.22. The normalized spacial score (nSPS) is 16.3. The molecule has 1 aliphatic heterocycles. The summed E-state index contributed by atoms with van der Waals surface area (Å²) in [6.45, 7) is 3.13. The highest BCUT2D eigenvalue weighted by Gasteiger charge is 2.13. The van der Waals surface area contributed by atoms with Crippen molar-refractivity contribution in [2.24, 2.45) is 5.92 Å². The van der Waals surface area contributed by atoms with Crippen molar-refractivity contribution in [1.29, 1.82) is 0 Å². The minimum atomic E-state index is -0.330. The van der Waals surface area contributed by atoms with E-state index >= 15 is 0 Å². The van der Waals surface area contributed by atoms with Gasteiger partial charge in [-0.1, -0.05) is 18.2 Å². The Labute approximate surface area is 165 Å². The second-order valence-corrected chi connectivity index (χ2v) is 6.70. The van der Waals surface area contributed by atoms with Crippen molar-refractivity contribution in [2.45, 2.75) is 25.9 Å². The maximum absolute atomic E-state index is 13.2. The van der Waals surface area contributed by atoms with E-state index in [2.05, 4.69) is 10.6 Å². The lowest BCUT2D eigenvalue weighted by atomic mass is 9.96. The molecule has 1 aliphatic rings. The zero-order valence-electron chi connectivity index (χ0n) is 15.2. The molecule has 146 valence electrons. The summed E-state index contributed by atoms with van der Waals surface area (Å²) in [4.78, 5) is 12.3. The van der Waals surface area contributed by atoms with Crippen LogP contribution in [0.25, 0.3) is 0 Å². The summed E-state index contributed by atoms with van der Waals surface area (Å²) >= 11 is 0. The number of carbonyl (C=O) groups is 1. The highest BCUT2D eigenvalue weighted by Crippen LogP contribution is 2.15. The van der Waals surface area contributed by atoms with Crippen molar-refractivity contribution >= 4 is 18.3 Å². The van der Waals surface area contributed by atoms with Crippen LogP contribution < -0.4 is 15.4 Å². The van der Waals surface area contributed by atoms with Crippen LogP contribution in [0.1, 0.15) is 35.2 Å².